The summed E-state index contributed by atoms with van der Waals surface area (Å²) in [5.41, 5.74) is 0.444. The molecule has 0 aromatic heterocycles. The van der Waals surface area contributed by atoms with E-state index in [1.54, 1.807) is 13.8 Å². The maximum absolute atomic E-state index is 13.4. The second-order valence-electron chi connectivity index (χ2n) is 9.72. The number of carbonyl (C=O) groups excluding carboxylic acids is 4. The summed E-state index contributed by atoms with van der Waals surface area (Å²) in [6, 6.07) is 2.01. The SMILES string of the molecule is COC(=O)c1ccc(C(=O)N[C@H](C(=O)N2CCC[C@H]2C(=O)NC(C(C)C)C(O)C(F)(F)F)C(C)C)cc1. The van der Waals surface area contributed by atoms with Gasteiger partial charge in [-0.15, -0.1) is 0 Å². The highest BCUT2D eigenvalue weighted by Crippen LogP contribution is 2.27. The Morgan fingerprint density at radius 2 is 1.57 bits per heavy atom. The molecule has 1 aromatic carbocycles. The van der Waals surface area contributed by atoms with Crippen LogP contribution in [-0.4, -0.2) is 77.8 Å². The smallest absolute Gasteiger partial charge is 0.416 e. The number of hydrogen-bond donors (Lipinski definition) is 3. The standard InChI is InChI=1S/C25H34F3N3O6/c1-13(2)18(20(32)25(26,27)28)29-22(34)17-7-6-12-31(17)23(35)19(14(3)4)30-21(33)15-8-10-16(11-9-15)24(36)37-5/h8-11,13-14,17-20,32H,6-7,12H2,1-5H3,(H,29,34)(H,30,33)/t17-,18?,19-,20?/m0/s1. The van der Waals surface area contributed by atoms with Crippen LogP contribution in [0.3, 0.4) is 0 Å². The van der Waals surface area contributed by atoms with Crippen molar-refractivity contribution in [2.75, 3.05) is 13.7 Å². The first-order chi connectivity index (χ1) is 17.2. The molecular formula is C25H34F3N3O6. The Morgan fingerprint density at radius 3 is 2.05 bits per heavy atom. The van der Waals surface area contributed by atoms with Crippen LogP contribution in [-0.2, 0) is 14.3 Å². The van der Waals surface area contributed by atoms with E-state index in [0.29, 0.717) is 6.42 Å². The number of alkyl halides is 3. The molecule has 206 valence electrons. The molecule has 0 spiro atoms. The van der Waals surface area contributed by atoms with Gasteiger partial charge in [0.05, 0.1) is 18.7 Å². The zero-order valence-corrected chi connectivity index (χ0v) is 21.5. The molecule has 2 rings (SSSR count). The molecule has 3 N–H and O–H groups in total. The van der Waals surface area contributed by atoms with Crippen molar-refractivity contribution in [3.63, 3.8) is 0 Å². The summed E-state index contributed by atoms with van der Waals surface area (Å²) < 4.78 is 43.9. The fourth-order valence-corrected chi connectivity index (χ4v) is 4.17. The first-order valence-electron chi connectivity index (χ1n) is 12.0. The number of carbonyl (C=O) groups is 4. The number of aliphatic hydroxyl groups is 1. The van der Waals surface area contributed by atoms with Crippen LogP contribution >= 0.6 is 0 Å². The number of likely N-dealkylation sites (tertiary alicyclic amines) is 1. The van der Waals surface area contributed by atoms with Crippen molar-refractivity contribution in [1.82, 2.24) is 15.5 Å². The first-order valence-corrected chi connectivity index (χ1v) is 12.0. The zero-order chi connectivity index (χ0) is 28.1. The number of hydrogen-bond acceptors (Lipinski definition) is 6. The number of aliphatic hydroxyl groups excluding tert-OH is 1. The molecule has 3 amide bonds. The van der Waals surface area contributed by atoms with E-state index in [2.05, 4.69) is 15.4 Å². The van der Waals surface area contributed by atoms with Gasteiger partial charge in [-0.2, -0.15) is 13.2 Å². The van der Waals surface area contributed by atoms with Gasteiger partial charge in [-0.1, -0.05) is 27.7 Å². The van der Waals surface area contributed by atoms with Crippen molar-refractivity contribution in [1.29, 1.82) is 0 Å². The van der Waals surface area contributed by atoms with Crippen molar-refractivity contribution in [2.45, 2.75) is 70.9 Å². The van der Waals surface area contributed by atoms with E-state index in [4.69, 9.17) is 0 Å². The number of benzene rings is 1. The highest BCUT2D eigenvalue weighted by atomic mass is 19.4. The lowest BCUT2D eigenvalue weighted by Crippen LogP contribution is -2.59. The molecular weight excluding hydrogens is 495 g/mol. The second-order valence-corrected chi connectivity index (χ2v) is 9.72. The van der Waals surface area contributed by atoms with E-state index < -0.39 is 60.0 Å². The zero-order valence-electron chi connectivity index (χ0n) is 21.5. The van der Waals surface area contributed by atoms with Crippen molar-refractivity contribution < 1.29 is 42.2 Å². The van der Waals surface area contributed by atoms with Crippen LogP contribution in [0.2, 0.25) is 0 Å². The van der Waals surface area contributed by atoms with Gasteiger partial charge in [0.2, 0.25) is 11.8 Å². The lowest BCUT2D eigenvalue weighted by molar-refractivity contribution is -0.215. The summed E-state index contributed by atoms with van der Waals surface area (Å²) in [6.07, 6.45) is -6.99. The molecule has 4 atom stereocenters. The minimum absolute atomic E-state index is 0.192. The van der Waals surface area contributed by atoms with Gasteiger partial charge in [0, 0.05) is 12.1 Å². The van der Waals surface area contributed by atoms with Gasteiger partial charge in [-0.3, -0.25) is 14.4 Å². The lowest BCUT2D eigenvalue weighted by Gasteiger charge is -2.33. The van der Waals surface area contributed by atoms with E-state index in [-0.39, 0.29) is 30.0 Å². The Labute approximate surface area is 213 Å². The van der Waals surface area contributed by atoms with Crippen LogP contribution in [0.25, 0.3) is 0 Å². The Balaban J connectivity index is 2.17. The molecule has 1 aliphatic heterocycles. The van der Waals surface area contributed by atoms with E-state index in [1.165, 1.54) is 50.1 Å². The minimum Gasteiger partial charge on any atom is -0.465 e. The van der Waals surface area contributed by atoms with Gasteiger partial charge < -0.3 is 25.4 Å². The molecule has 9 nitrogen and oxygen atoms in total. The largest absolute Gasteiger partial charge is 0.465 e. The molecule has 12 heteroatoms. The third-order valence-electron chi connectivity index (χ3n) is 6.33. The van der Waals surface area contributed by atoms with E-state index in [9.17, 15) is 37.5 Å². The van der Waals surface area contributed by atoms with E-state index in [0.717, 1.165) is 0 Å². The number of nitrogens with one attached hydrogen (secondary N) is 2. The number of nitrogens with zero attached hydrogens (tertiary/aromatic N) is 1. The molecule has 1 saturated heterocycles. The lowest BCUT2D eigenvalue weighted by atomic mass is 9.97. The molecule has 37 heavy (non-hydrogen) atoms. The second kappa shape index (κ2) is 12.4. The summed E-state index contributed by atoms with van der Waals surface area (Å²) in [4.78, 5) is 52.0. The molecule has 1 aliphatic rings. The number of esters is 1. The van der Waals surface area contributed by atoms with Crippen LogP contribution < -0.4 is 10.6 Å². The summed E-state index contributed by atoms with van der Waals surface area (Å²) in [7, 11) is 1.23. The van der Waals surface area contributed by atoms with Gasteiger partial charge in [0.15, 0.2) is 6.10 Å². The number of ether oxygens (including phenoxy) is 1. The summed E-state index contributed by atoms with van der Waals surface area (Å²) in [5, 5.41) is 14.7. The fourth-order valence-electron chi connectivity index (χ4n) is 4.17. The van der Waals surface area contributed by atoms with Gasteiger partial charge in [0.25, 0.3) is 5.91 Å². The number of methoxy groups -OCH3 is 1. The van der Waals surface area contributed by atoms with Crippen molar-refractivity contribution >= 4 is 23.7 Å². The highest BCUT2D eigenvalue weighted by molar-refractivity contribution is 5.99. The molecule has 0 radical (unpaired) electrons. The van der Waals surface area contributed by atoms with Crippen LogP contribution in [0.4, 0.5) is 13.2 Å². The van der Waals surface area contributed by atoms with Crippen molar-refractivity contribution in [3.05, 3.63) is 35.4 Å². The predicted molar refractivity (Wildman–Crippen MR) is 127 cm³/mol. The molecule has 2 unspecified atom stereocenters. The monoisotopic (exact) mass is 529 g/mol. The molecule has 0 aliphatic carbocycles. The van der Waals surface area contributed by atoms with Gasteiger partial charge in [-0.05, 0) is 48.9 Å². The number of rotatable bonds is 9. The van der Waals surface area contributed by atoms with Crippen molar-refractivity contribution in [3.8, 4) is 0 Å². The Kier molecular flexibility index (Phi) is 10.1. The molecule has 0 bridgehead atoms. The van der Waals surface area contributed by atoms with Crippen LogP contribution in [0.5, 0.6) is 0 Å². The van der Waals surface area contributed by atoms with Crippen LogP contribution in [0.15, 0.2) is 24.3 Å². The predicted octanol–water partition coefficient (Wildman–Crippen LogP) is 2.28. The molecule has 1 heterocycles. The normalized spacial score (nSPS) is 18.4. The highest BCUT2D eigenvalue weighted by Gasteiger charge is 2.47. The average molecular weight is 530 g/mol. The Bertz CT molecular complexity index is 981. The fraction of sp³-hybridized carbons (Fsp3) is 0.600. The maximum Gasteiger partial charge on any atom is 0.416 e. The summed E-state index contributed by atoms with van der Waals surface area (Å²) >= 11 is 0. The van der Waals surface area contributed by atoms with Crippen LogP contribution in [0.1, 0.15) is 61.3 Å². The number of amides is 3. The Morgan fingerprint density at radius 1 is 1.00 bits per heavy atom. The van der Waals surface area contributed by atoms with E-state index in [1.807, 2.05) is 0 Å². The topological polar surface area (TPSA) is 125 Å². The summed E-state index contributed by atoms with van der Waals surface area (Å²) in [5.74, 6) is -3.56. The molecule has 1 aromatic rings. The van der Waals surface area contributed by atoms with Gasteiger partial charge in [-0.25, -0.2) is 4.79 Å². The molecule has 0 saturated carbocycles. The van der Waals surface area contributed by atoms with E-state index >= 15 is 0 Å². The van der Waals surface area contributed by atoms with Crippen LogP contribution in [0, 0.1) is 11.8 Å². The maximum atomic E-state index is 13.4. The minimum atomic E-state index is -4.92. The third-order valence-corrected chi connectivity index (χ3v) is 6.33. The van der Waals surface area contributed by atoms with Crippen molar-refractivity contribution in [2.24, 2.45) is 11.8 Å². The number of halogens is 3. The average Bonchev–Trinajstić information content (AvgIpc) is 3.33. The first kappa shape index (κ1) is 30.1. The summed E-state index contributed by atoms with van der Waals surface area (Å²) in [6.45, 7) is 6.50. The quantitative estimate of drug-likeness (QED) is 0.422. The van der Waals surface area contributed by atoms with Gasteiger partial charge in [0.1, 0.15) is 12.1 Å². The third kappa shape index (κ3) is 7.43. The molecule has 1 fully saturated rings. The van der Waals surface area contributed by atoms with Gasteiger partial charge >= 0.3 is 12.1 Å². The Hall–Kier alpha value is -3.15.